The van der Waals surface area contributed by atoms with Crippen molar-refractivity contribution >= 4 is 17.5 Å². The molecule has 0 atom stereocenters. The van der Waals surface area contributed by atoms with Gasteiger partial charge in [0.1, 0.15) is 5.75 Å². The first-order valence-electron chi connectivity index (χ1n) is 8.76. The van der Waals surface area contributed by atoms with Gasteiger partial charge in [-0.1, -0.05) is 12.1 Å². The Morgan fingerprint density at radius 2 is 1.88 bits per heavy atom. The molecule has 6 heteroatoms. The van der Waals surface area contributed by atoms with Crippen LogP contribution in [0, 0.1) is 13.8 Å². The van der Waals surface area contributed by atoms with Gasteiger partial charge in [-0.3, -0.25) is 9.59 Å². The molecule has 1 aromatic heterocycles. The standard InChI is InChI=1S/C20H27N3O3/c1-6-26-17-10-8-7-9-16(17)22-18(24)12-11-15-13(2)19(14(3)21-15)20(25)23(4)5/h7-10,21H,6,11-12H2,1-5H3,(H,22,24). The lowest BCUT2D eigenvalue weighted by atomic mass is 10.1. The van der Waals surface area contributed by atoms with E-state index in [0.717, 1.165) is 17.0 Å². The van der Waals surface area contributed by atoms with Crippen LogP contribution in [0.5, 0.6) is 5.75 Å². The quantitative estimate of drug-likeness (QED) is 0.798. The third-order valence-corrected chi connectivity index (χ3v) is 4.22. The topological polar surface area (TPSA) is 74.4 Å². The number of rotatable bonds is 7. The molecule has 0 bridgehead atoms. The molecular weight excluding hydrogens is 330 g/mol. The third kappa shape index (κ3) is 4.45. The Hall–Kier alpha value is -2.76. The van der Waals surface area contributed by atoms with E-state index in [-0.39, 0.29) is 11.8 Å². The van der Waals surface area contributed by atoms with Crippen LogP contribution in [0.1, 0.15) is 40.7 Å². The maximum Gasteiger partial charge on any atom is 0.255 e. The van der Waals surface area contributed by atoms with Crippen LogP contribution in [-0.2, 0) is 11.2 Å². The highest BCUT2D eigenvalue weighted by Gasteiger charge is 2.20. The lowest BCUT2D eigenvalue weighted by Crippen LogP contribution is -2.22. The number of anilines is 1. The molecule has 0 spiro atoms. The van der Waals surface area contributed by atoms with E-state index in [1.54, 1.807) is 19.0 Å². The number of benzene rings is 1. The summed E-state index contributed by atoms with van der Waals surface area (Å²) in [5.74, 6) is 0.538. The molecule has 140 valence electrons. The van der Waals surface area contributed by atoms with E-state index < -0.39 is 0 Å². The summed E-state index contributed by atoms with van der Waals surface area (Å²) in [6.07, 6.45) is 0.854. The Kier molecular flexibility index (Phi) is 6.44. The maximum absolute atomic E-state index is 12.3. The molecule has 2 rings (SSSR count). The van der Waals surface area contributed by atoms with Crippen molar-refractivity contribution in [3.8, 4) is 5.75 Å². The Bertz CT molecular complexity index is 794. The lowest BCUT2D eigenvalue weighted by molar-refractivity contribution is -0.116. The lowest BCUT2D eigenvalue weighted by Gasteiger charge is -2.11. The first kappa shape index (κ1) is 19.6. The molecule has 26 heavy (non-hydrogen) atoms. The van der Waals surface area contributed by atoms with Crippen LogP contribution < -0.4 is 10.1 Å². The van der Waals surface area contributed by atoms with Crippen LogP contribution >= 0.6 is 0 Å². The van der Waals surface area contributed by atoms with Crippen molar-refractivity contribution in [1.29, 1.82) is 0 Å². The Morgan fingerprint density at radius 3 is 2.54 bits per heavy atom. The van der Waals surface area contributed by atoms with Crippen molar-refractivity contribution in [2.24, 2.45) is 0 Å². The van der Waals surface area contributed by atoms with Crippen molar-refractivity contribution in [3.05, 3.63) is 46.8 Å². The second kappa shape index (κ2) is 8.56. The zero-order valence-corrected chi connectivity index (χ0v) is 16.1. The van der Waals surface area contributed by atoms with Gasteiger partial charge in [-0.15, -0.1) is 0 Å². The number of aromatic nitrogens is 1. The predicted molar refractivity (Wildman–Crippen MR) is 103 cm³/mol. The zero-order valence-electron chi connectivity index (χ0n) is 16.1. The van der Waals surface area contributed by atoms with E-state index in [1.165, 1.54) is 0 Å². The van der Waals surface area contributed by atoms with Crippen molar-refractivity contribution in [2.75, 3.05) is 26.0 Å². The fraction of sp³-hybridized carbons (Fsp3) is 0.400. The van der Waals surface area contributed by atoms with Crippen LogP contribution in [-0.4, -0.2) is 42.4 Å². The van der Waals surface area contributed by atoms with Crippen LogP contribution in [0.15, 0.2) is 24.3 Å². The van der Waals surface area contributed by atoms with E-state index in [0.29, 0.717) is 36.4 Å². The van der Waals surface area contributed by atoms with Crippen molar-refractivity contribution in [1.82, 2.24) is 9.88 Å². The molecule has 0 fully saturated rings. The van der Waals surface area contributed by atoms with E-state index in [1.807, 2.05) is 45.0 Å². The summed E-state index contributed by atoms with van der Waals surface area (Å²) in [6.45, 7) is 6.24. The van der Waals surface area contributed by atoms with Gasteiger partial charge in [0.25, 0.3) is 5.91 Å². The van der Waals surface area contributed by atoms with Crippen molar-refractivity contribution < 1.29 is 14.3 Å². The smallest absolute Gasteiger partial charge is 0.255 e. The summed E-state index contributed by atoms with van der Waals surface area (Å²) in [5.41, 5.74) is 4.01. The number of H-pyrrole nitrogens is 1. The fourth-order valence-corrected chi connectivity index (χ4v) is 2.91. The molecule has 1 aromatic carbocycles. The Balaban J connectivity index is 2.04. The highest BCUT2D eigenvalue weighted by molar-refractivity contribution is 5.97. The number of aryl methyl sites for hydroxylation is 2. The van der Waals surface area contributed by atoms with Crippen molar-refractivity contribution in [2.45, 2.75) is 33.6 Å². The van der Waals surface area contributed by atoms with E-state index in [2.05, 4.69) is 10.3 Å². The second-order valence-corrected chi connectivity index (χ2v) is 6.41. The monoisotopic (exact) mass is 357 g/mol. The fourth-order valence-electron chi connectivity index (χ4n) is 2.91. The number of carbonyl (C=O) groups excluding carboxylic acids is 2. The molecule has 6 nitrogen and oxygen atoms in total. The molecule has 0 unspecified atom stereocenters. The van der Waals surface area contributed by atoms with Crippen molar-refractivity contribution in [3.63, 3.8) is 0 Å². The van der Waals surface area contributed by atoms with E-state index in [9.17, 15) is 9.59 Å². The van der Waals surface area contributed by atoms with E-state index >= 15 is 0 Å². The van der Waals surface area contributed by atoms with Gasteiger partial charge in [-0.05, 0) is 44.9 Å². The number of hydrogen-bond acceptors (Lipinski definition) is 3. The largest absolute Gasteiger partial charge is 0.492 e. The van der Waals surface area contributed by atoms with Crippen LogP contribution in [0.3, 0.4) is 0 Å². The van der Waals surface area contributed by atoms with Gasteiger partial charge < -0.3 is 19.9 Å². The number of aromatic amines is 1. The maximum atomic E-state index is 12.3. The number of amides is 2. The van der Waals surface area contributed by atoms with Gasteiger partial charge in [0, 0.05) is 31.9 Å². The van der Waals surface area contributed by atoms with Gasteiger partial charge in [0.2, 0.25) is 5.91 Å². The molecule has 0 saturated carbocycles. The summed E-state index contributed by atoms with van der Waals surface area (Å²) in [4.78, 5) is 29.4. The Labute approximate surface area is 154 Å². The molecule has 1 heterocycles. The second-order valence-electron chi connectivity index (χ2n) is 6.41. The van der Waals surface area contributed by atoms with Gasteiger partial charge in [0.05, 0.1) is 17.9 Å². The number of carbonyl (C=O) groups is 2. The minimum Gasteiger partial charge on any atom is -0.492 e. The van der Waals surface area contributed by atoms with Crippen LogP contribution in [0.4, 0.5) is 5.69 Å². The number of nitrogens with zero attached hydrogens (tertiary/aromatic N) is 1. The summed E-state index contributed by atoms with van der Waals surface area (Å²) in [6, 6.07) is 7.38. The minimum atomic E-state index is -0.0932. The molecule has 0 aliphatic carbocycles. The molecule has 0 radical (unpaired) electrons. The number of para-hydroxylation sites is 2. The minimum absolute atomic E-state index is 0.0300. The molecule has 2 aromatic rings. The van der Waals surface area contributed by atoms with Gasteiger partial charge >= 0.3 is 0 Å². The van der Waals surface area contributed by atoms with E-state index in [4.69, 9.17) is 4.74 Å². The van der Waals surface area contributed by atoms with Crippen LogP contribution in [0.25, 0.3) is 0 Å². The summed E-state index contributed by atoms with van der Waals surface area (Å²) in [5, 5.41) is 2.89. The average Bonchev–Trinajstić information content (AvgIpc) is 2.88. The van der Waals surface area contributed by atoms with Gasteiger partial charge in [-0.2, -0.15) is 0 Å². The van der Waals surface area contributed by atoms with Crippen LogP contribution in [0.2, 0.25) is 0 Å². The predicted octanol–water partition coefficient (Wildman–Crippen LogP) is 3.30. The number of nitrogens with one attached hydrogen (secondary N) is 2. The summed E-state index contributed by atoms with van der Waals surface area (Å²) < 4.78 is 5.52. The molecular formula is C20H27N3O3. The Morgan fingerprint density at radius 1 is 1.19 bits per heavy atom. The van der Waals surface area contributed by atoms with Gasteiger partial charge in [-0.25, -0.2) is 0 Å². The molecule has 0 saturated heterocycles. The molecule has 0 aliphatic heterocycles. The summed E-state index contributed by atoms with van der Waals surface area (Å²) in [7, 11) is 3.47. The zero-order chi connectivity index (χ0) is 19.3. The number of hydrogen-bond donors (Lipinski definition) is 2. The number of ether oxygens (including phenoxy) is 1. The highest BCUT2D eigenvalue weighted by Crippen LogP contribution is 2.24. The molecule has 2 amide bonds. The first-order valence-corrected chi connectivity index (χ1v) is 8.76. The molecule has 0 aliphatic rings. The third-order valence-electron chi connectivity index (χ3n) is 4.22. The van der Waals surface area contributed by atoms with Gasteiger partial charge in [0.15, 0.2) is 0 Å². The normalized spacial score (nSPS) is 10.5. The molecule has 2 N–H and O–H groups in total. The SMILES string of the molecule is CCOc1ccccc1NC(=O)CCc1[nH]c(C)c(C(=O)N(C)C)c1C. The highest BCUT2D eigenvalue weighted by atomic mass is 16.5. The first-order chi connectivity index (χ1) is 12.3. The summed E-state index contributed by atoms with van der Waals surface area (Å²) >= 11 is 0. The average molecular weight is 357 g/mol.